The number of hydrogen-bond donors (Lipinski definition) is 2. The van der Waals surface area contributed by atoms with Gasteiger partial charge in [0.1, 0.15) is 0 Å². The van der Waals surface area contributed by atoms with Gasteiger partial charge in [-0.25, -0.2) is 0 Å². The average Bonchev–Trinajstić information content (AvgIpc) is 2.88. The number of fused-ring (bicyclic) bond motifs is 1. The Labute approximate surface area is 133 Å². The van der Waals surface area contributed by atoms with Crippen LogP contribution in [0.2, 0.25) is 0 Å². The number of likely N-dealkylation sites (tertiary alicyclic amines) is 1. The molecule has 2 N–H and O–H groups in total. The molecule has 2 unspecified atom stereocenters. The maximum Gasteiger partial charge on any atom is 0.238 e. The van der Waals surface area contributed by atoms with Gasteiger partial charge in [-0.15, -0.1) is 0 Å². The van der Waals surface area contributed by atoms with Gasteiger partial charge in [-0.1, -0.05) is 6.07 Å². The van der Waals surface area contributed by atoms with E-state index >= 15 is 0 Å². The zero-order chi connectivity index (χ0) is 13.9. The first kappa shape index (κ1) is 14.3. The fourth-order valence-electron chi connectivity index (χ4n) is 3.31. The number of amides is 1. The molecule has 0 radical (unpaired) electrons. The average molecular weight is 385 g/mol. The molecular formula is C15H20IN3O. The number of halogens is 1. The number of nitrogens with one attached hydrogen (secondary N) is 2. The summed E-state index contributed by atoms with van der Waals surface area (Å²) in [6.07, 6.45) is 2.51. The summed E-state index contributed by atoms with van der Waals surface area (Å²) in [7, 11) is 0. The van der Waals surface area contributed by atoms with Crippen molar-refractivity contribution in [2.24, 2.45) is 5.92 Å². The minimum Gasteiger partial charge on any atom is -0.325 e. The predicted molar refractivity (Wildman–Crippen MR) is 88.7 cm³/mol. The smallest absolute Gasteiger partial charge is 0.238 e. The predicted octanol–water partition coefficient (Wildman–Crippen LogP) is 1.91. The van der Waals surface area contributed by atoms with Gasteiger partial charge in [-0.05, 0) is 72.6 Å². The molecule has 108 valence electrons. The Morgan fingerprint density at radius 3 is 3.20 bits per heavy atom. The topological polar surface area (TPSA) is 44.4 Å². The van der Waals surface area contributed by atoms with Crippen LogP contribution in [-0.2, 0) is 4.79 Å². The summed E-state index contributed by atoms with van der Waals surface area (Å²) in [6.45, 7) is 3.69. The molecule has 4 nitrogen and oxygen atoms in total. The molecule has 3 rings (SSSR count). The molecule has 1 aromatic carbocycles. The van der Waals surface area contributed by atoms with Gasteiger partial charge >= 0.3 is 0 Å². The highest BCUT2D eigenvalue weighted by Crippen LogP contribution is 2.26. The van der Waals surface area contributed by atoms with E-state index in [0.29, 0.717) is 12.6 Å². The van der Waals surface area contributed by atoms with E-state index in [4.69, 9.17) is 0 Å². The SMILES string of the molecule is O=C(CN1CCCC2CNCC21)Nc1cccc(I)c1. The number of carbonyl (C=O) groups is 1. The summed E-state index contributed by atoms with van der Waals surface area (Å²) in [5, 5.41) is 6.45. The molecular weight excluding hydrogens is 365 g/mol. The van der Waals surface area contributed by atoms with Crippen molar-refractivity contribution in [3.8, 4) is 0 Å². The minimum absolute atomic E-state index is 0.0968. The van der Waals surface area contributed by atoms with E-state index < -0.39 is 0 Å². The van der Waals surface area contributed by atoms with Crippen molar-refractivity contribution in [2.75, 3.05) is 31.5 Å². The van der Waals surface area contributed by atoms with Crippen molar-refractivity contribution in [1.82, 2.24) is 10.2 Å². The third kappa shape index (κ3) is 3.32. The standard InChI is InChI=1S/C15H20IN3O/c16-12-4-1-5-13(7-12)18-15(20)10-19-6-2-3-11-8-17-9-14(11)19/h1,4-5,7,11,14,17H,2-3,6,8-10H2,(H,18,20). The molecule has 2 atom stereocenters. The summed E-state index contributed by atoms with van der Waals surface area (Å²) in [6, 6.07) is 8.47. The molecule has 2 saturated heterocycles. The van der Waals surface area contributed by atoms with E-state index in [1.54, 1.807) is 0 Å². The van der Waals surface area contributed by atoms with Crippen LogP contribution in [-0.4, -0.2) is 43.0 Å². The highest BCUT2D eigenvalue weighted by molar-refractivity contribution is 14.1. The van der Waals surface area contributed by atoms with Crippen LogP contribution in [0.4, 0.5) is 5.69 Å². The first-order valence-corrected chi connectivity index (χ1v) is 8.30. The van der Waals surface area contributed by atoms with Crippen molar-refractivity contribution in [2.45, 2.75) is 18.9 Å². The Morgan fingerprint density at radius 1 is 1.45 bits per heavy atom. The minimum atomic E-state index is 0.0968. The molecule has 2 aliphatic heterocycles. The van der Waals surface area contributed by atoms with Crippen LogP contribution in [0.15, 0.2) is 24.3 Å². The first-order chi connectivity index (χ1) is 9.72. The lowest BCUT2D eigenvalue weighted by Gasteiger charge is -2.36. The zero-order valence-corrected chi connectivity index (χ0v) is 13.6. The monoisotopic (exact) mass is 385 g/mol. The number of benzene rings is 1. The zero-order valence-electron chi connectivity index (χ0n) is 11.4. The Bertz CT molecular complexity index is 494. The lowest BCUT2D eigenvalue weighted by molar-refractivity contribution is -0.118. The molecule has 1 aromatic rings. The molecule has 2 aliphatic rings. The molecule has 0 bridgehead atoms. The fourth-order valence-corrected chi connectivity index (χ4v) is 3.85. The van der Waals surface area contributed by atoms with Gasteiger partial charge < -0.3 is 10.6 Å². The number of rotatable bonds is 3. The van der Waals surface area contributed by atoms with Crippen LogP contribution in [0.1, 0.15) is 12.8 Å². The van der Waals surface area contributed by atoms with Crippen molar-refractivity contribution >= 4 is 34.2 Å². The molecule has 1 amide bonds. The van der Waals surface area contributed by atoms with Crippen LogP contribution in [0, 0.1) is 9.49 Å². The van der Waals surface area contributed by atoms with Crippen LogP contribution in [0.3, 0.4) is 0 Å². The second-order valence-electron chi connectivity index (χ2n) is 5.66. The Balaban J connectivity index is 1.58. The molecule has 20 heavy (non-hydrogen) atoms. The quantitative estimate of drug-likeness (QED) is 0.782. The lowest BCUT2D eigenvalue weighted by atomic mass is 9.92. The van der Waals surface area contributed by atoms with Crippen LogP contribution in [0.5, 0.6) is 0 Å². The van der Waals surface area contributed by atoms with Crippen LogP contribution < -0.4 is 10.6 Å². The number of carbonyl (C=O) groups excluding carboxylic acids is 1. The molecule has 5 heteroatoms. The van der Waals surface area contributed by atoms with Crippen molar-refractivity contribution < 1.29 is 4.79 Å². The lowest BCUT2D eigenvalue weighted by Crippen LogP contribution is -2.48. The summed E-state index contributed by atoms with van der Waals surface area (Å²) in [5.41, 5.74) is 0.889. The van der Waals surface area contributed by atoms with E-state index in [0.717, 1.165) is 34.8 Å². The van der Waals surface area contributed by atoms with Gasteiger partial charge in [0.05, 0.1) is 6.54 Å². The second kappa shape index (κ2) is 6.41. The number of nitrogens with zero attached hydrogens (tertiary/aromatic N) is 1. The number of piperidine rings is 1. The largest absolute Gasteiger partial charge is 0.325 e. The Morgan fingerprint density at radius 2 is 2.35 bits per heavy atom. The van der Waals surface area contributed by atoms with Gasteiger partial charge in [-0.2, -0.15) is 0 Å². The van der Waals surface area contributed by atoms with E-state index in [2.05, 4.69) is 38.1 Å². The first-order valence-electron chi connectivity index (χ1n) is 7.22. The third-order valence-corrected chi connectivity index (χ3v) is 4.92. The van der Waals surface area contributed by atoms with Crippen molar-refractivity contribution in [3.63, 3.8) is 0 Å². The second-order valence-corrected chi connectivity index (χ2v) is 6.90. The third-order valence-electron chi connectivity index (χ3n) is 4.25. The molecule has 2 heterocycles. The maximum absolute atomic E-state index is 12.2. The molecule has 0 saturated carbocycles. The summed E-state index contributed by atoms with van der Waals surface area (Å²) in [4.78, 5) is 14.5. The van der Waals surface area contributed by atoms with Crippen LogP contribution >= 0.6 is 22.6 Å². The van der Waals surface area contributed by atoms with E-state index in [1.807, 2.05) is 24.3 Å². The van der Waals surface area contributed by atoms with Crippen LogP contribution in [0.25, 0.3) is 0 Å². The maximum atomic E-state index is 12.2. The van der Waals surface area contributed by atoms with Crippen molar-refractivity contribution in [3.05, 3.63) is 27.8 Å². The highest BCUT2D eigenvalue weighted by atomic mass is 127. The molecule has 2 fully saturated rings. The van der Waals surface area contributed by atoms with Crippen molar-refractivity contribution in [1.29, 1.82) is 0 Å². The highest BCUT2D eigenvalue weighted by Gasteiger charge is 2.35. The Kier molecular flexibility index (Phi) is 4.58. The van der Waals surface area contributed by atoms with E-state index in [-0.39, 0.29) is 5.91 Å². The Hall–Kier alpha value is -0.660. The summed E-state index contributed by atoms with van der Waals surface area (Å²) >= 11 is 2.26. The normalized spacial score (nSPS) is 26.2. The van der Waals surface area contributed by atoms with Gasteiger partial charge in [-0.3, -0.25) is 9.69 Å². The van der Waals surface area contributed by atoms with E-state index in [1.165, 1.54) is 12.8 Å². The molecule has 0 spiro atoms. The van der Waals surface area contributed by atoms with Gasteiger partial charge in [0.15, 0.2) is 0 Å². The molecule has 0 aliphatic carbocycles. The van der Waals surface area contributed by atoms with E-state index in [9.17, 15) is 4.79 Å². The summed E-state index contributed by atoms with van der Waals surface area (Å²) < 4.78 is 1.14. The molecule has 0 aromatic heterocycles. The summed E-state index contributed by atoms with van der Waals surface area (Å²) in [5.74, 6) is 0.828. The van der Waals surface area contributed by atoms with Gasteiger partial charge in [0, 0.05) is 21.8 Å². The fraction of sp³-hybridized carbons (Fsp3) is 0.533. The number of anilines is 1. The van der Waals surface area contributed by atoms with Gasteiger partial charge in [0.25, 0.3) is 0 Å². The van der Waals surface area contributed by atoms with Gasteiger partial charge in [0.2, 0.25) is 5.91 Å². The number of hydrogen-bond acceptors (Lipinski definition) is 3.